The van der Waals surface area contributed by atoms with E-state index in [1.807, 2.05) is 0 Å². The highest BCUT2D eigenvalue weighted by Crippen LogP contribution is 2.26. The lowest BCUT2D eigenvalue weighted by molar-refractivity contribution is -0.142. The van der Waals surface area contributed by atoms with Gasteiger partial charge in [-0.3, -0.25) is 14.4 Å². The molecule has 0 spiro atoms. The summed E-state index contributed by atoms with van der Waals surface area (Å²) in [4.78, 5) is 34.1. The largest absolute Gasteiger partial charge is 0.481 e. The third-order valence-corrected chi connectivity index (χ3v) is 3.62. The number of carbonyl (C=O) groups excluding carboxylic acids is 2. The van der Waals surface area contributed by atoms with Crippen LogP contribution in [0, 0.1) is 5.92 Å². The van der Waals surface area contributed by atoms with E-state index < -0.39 is 11.9 Å². The van der Waals surface area contributed by atoms with Crippen molar-refractivity contribution in [2.75, 3.05) is 5.32 Å². The van der Waals surface area contributed by atoms with Crippen molar-refractivity contribution in [3.05, 3.63) is 29.8 Å². The molecular weight excluding hydrogens is 272 g/mol. The Morgan fingerprint density at radius 2 is 1.81 bits per heavy atom. The van der Waals surface area contributed by atoms with Crippen molar-refractivity contribution in [2.45, 2.75) is 32.2 Å². The molecule has 0 radical (unpaired) electrons. The molecule has 0 saturated heterocycles. The minimum Gasteiger partial charge on any atom is -0.481 e. The van der Waals surface area contributed by atoms with Gasteiger partial charge in [-0.05, 0) is 37.1 Å². The molecule has 0 aromatic heterocycles. The quantitative estimate of drug-likeness (QED) is 0.785. The summed E-state index contributed by atoms with van der Waals surface area (Å²) >= 11 is 0. The fourth-order valence-corrected chi connectivity index (χ4v) is 2.59. The molecule has 6 nitrogen and oxygen atoms in total. The van der Waals surface area contributed by atoms with Crippen LogP contribution < -0.4 is 10.6 Å². The van der Waals surface area contributed by atoms with Crippen LogP contribution in [0.2, 0.25) is 0 Å². The van der Waals surface area contributed by atoms with Gasteiger partial charge in [0.1, 0.15) is 0 Å². The Morgan fingerprint density at radius 1 is 1.14 bits per heavy atom. The number of rotatable bonds is 4. The second-order valence-corrected chi connectivity index (χ2v) is 5.21. The number of hydrogen-bond acceptors (Lipinski definition) is 3. The van der Waals surface area contributed by atoms with E-state index in [-0.39, 0.29) is 17.9 Å². The van der Waals surface area contributed by atoms with Gasteiger partial charge in [-0.1, -0.05) is 6.42 Å². The Hall–Kier alpha value is -2.37. The molecule has 1 aliphatic rings. The van der Waals surface area contributed by atoms with E-state index in [0.29, 0.717) is 24.1 Å². The number of carboxylic acids is 1. The van der Waals surface area contributed by atoms with E-state index in [9.17, 15) is 14.4 Å². The predicted octanol–water partition coefficient (Wildman–Crippen LogP) is 1.63. The van der Waals surface area contributed by atoms with Crippen molar-refractivity contribution in [1.29, 1.82) is 0 Å². The highest BCUT2D eigenvalue weighted by Gasteiger charge is 2.33. The molecule has 1 aromatic rings. The van der Waals surface area contributed by atoms with E-state index in [1.165, 1.54) is 6.92 Å². The standard InChI is InChI=1S/C15H18N2O4/c1-9(18)16-11-7-5-10(6-8-11)14(19)17-13-4-2-3-12(13)15(20)21/h5-8,12-13H,2-4H2,1H3,(H,16,18)(H,17,19)(H,20,21). The minimum atomic E-state index is -0.862. The van der Waals surface area contributed by atoms with E-state index in [0.717, 1.165) is 6.42 Å². The molecular formula is C15H18N2O4. The molecule has 2 atom stereocenters. The van der Waals surface area contributed by atoms with Gasteiger partial charge in [0.2, 0.25) is 5.91 Å². The molecule has 0 heterocycles. The highest BCUT2D eigenvalue weighted by atomic mass is 16.4. The summed E-state index contributed by atoms with van der Waals surface area (Å²) < 4.78 is 0. The molecule has 2 rings (SSSR count). The normalized spacial score (nSPS) is 20.8. The van der Waals surface area contributed by atoms with Crippen molar-refractivity contribution < 1.29 is 19.5 Å². The summed E-state index contributed by atoms with van der Waals surface area (Å²) in [5, 5.41) is 14.5. The third kappa shape index (κ3) is 3.81. The van der Waals surface area contributed by atoms with E-state index >= 15 is 0 Å². The summed E-state index contributed by atoms with van der Waals surface area (Å²) in [5.41, 5.74) is 1.06. The van der Waals surface area contributed by atoms with Gasteiger partial charge < -0.3 is 15.7 Å². The lowest BCUT2D eigenvalue weighted by atomic mass is 10.0. The molecule has 1 aliphatic carbocycles. The van der Waals surface area contributed by atoms with Gasteiger partial charge in [-0.25, -0.2) is 0 Å². The molecule has 1 aromatic carbocycles. The maximum atomic E-state index is 12.1. The first-order chi connectivity index (χ1) is 9.97. The number of nitrogens with one attached hydrogen (secondary N) is 2. The Balaban J connectivity index is 2.00. The molecule has 0 bridgehead atoms. The number of anilines is 1. The van der Waals surface area contributed by atoms with Crippen LogP contribution in [0.4, 0.5) is 5.69 Å². The highest BCUT2D eigenvalue weighted by molar-refractivity contribution is 5.96. The molecule has 0 aliphatic heterocycles. The molecule has 2 unspecified atom stereocenters. The number of carboxylic acid groups (broad SMARTS) is 1. The smallest absolute Gasteiger partial charge is 0.308 e. The average molecular weight is 290 g/mol. The third-order valence-electron chi connectivity index (χ3n) is 3.62. The molecule has 21 heavy (non-hydrogen) atoms. The van der Waals surface area contributed by atoms with Crippen LogP contribution in [0.25, 0.3) is 0 Å². The Morgan fingerprint density at radius 3 is 2.38 bits per heavy atom. The monoisotopic (exact) mass is 290 g/mol. The van der Waals surface area contributed by atoms with Gasteiger partial charge in [0.05, 0.1) is 5.92 Å². The van der Waals surface area contributed by atoms with Crippen LogP contribution in [0.1, 0.15) is 36.5 Å². The predicted molar refractivity (Wildman–Crippen MR) is 77.0 cm³/mol. The van der Waals surface area contributed by atoms with Crippen LogP contribution in [0.3, 0.4) is 0 Å². The summed E-state index contributed by atoms with van der Waals surface area (Å²) in [6.07, 6.45) is 2.10. The van der Waals surface area contributed by atoms with Gasteiger partial charge >= 0.3 is 5.97 Å². The van der Waals surface area contributed by atoms with Crippen molar-refractivity contribution in [3.63, 3.8) is 0 Å². The zero-order valence-corrected chi connectivity index (χ0v) is 11.8. The first-order valence-electron chi connectivity index (χ1n) is 6.88. The van der Waals surface area contributed by atoms with Crippen LogP contribution in [0.15, 0.2) is 24.3 Å². The van der Waals surface area contributed by atoms with Crippen LogP contribution in [0.5, 0.6) is 0 Å². The van der Waals surface area contributed by atoms with E-state index in [2.05, 4.69) is 10.6 Å². The summed E-state index contributed by atoms with van der Waals surface area (Å²) in [5.74, 6) is -1.84. The number of hydrogen-bond donors (Lipinski definition) is 3. The van der Waals surface area contributed by atoms with Crippen molar-refractivity contribution in [3.8, 4) is 0 Å². The van der Waals surface area contributed by atoms with Crippen LogP contribution in [-0.4, -0.2) is 28.9 Å². The maximum absolute atomic E-state index is 12.1. The van der Waals surface area contributed by atoms with Crippen LogP contribution in [-0.2, 0) is 9.59 Å². The zero-order valence-electron chi connectivity index (χ0n) is 11.8. The first kappa shape index (κ1) is 15.0. The molecule has 3 N–H and O–H groups in total. The molecule has 6 heteroatoms. The molecule has 1 fully saturated rings. The Bertz CT molecular complexity index is 553. The number of benzene rings is 1. The molecule has 1 saturated carbocycles. The Labute approximate surface area is 122 Å². The zero-order chi connectivity index (χ0) is 15.4. The van der Waals surface area contributed by atoms with E-state index in [1.54, 1.807) is 24.3 Å². The maximum Gasteiger partial charge on any atom is 0.308 e. The Kier molecular flexibility index (Phi) is 4.57. The fraction of sp³-hybridized carbons (Fsp3) is 0.400. The van der Waals surface area contributed by atoms with Crippen molar-refractivity contribution >= 4 is 23.5 Å². The van der Waals surface area contributed by atoms with Crippen LogP contribution >= 0.6 is 0 Å². The van der Waals surface area contributed by atoms with Gasteiger partial charge in [0.25, 0.3) is 5.91 Å². The SMILES string of the molecule is CC(=O)Nc1ccc(C(=O)NC2CCCC2C(=O)O)cc1. The lowest BCUT2D eigenvalue weighted by Crippen LogP contribution is -2.40. The summed E-state index contributed by atoms with van der Waals surface area (Å²) in [6, 6.07) is 6.17. The van der Waals surface area contributed by atoms with E-state index in [4.69, 9.17) is 5.11 Å². The molecule has 112 valence electrons. The number of carbonyl (C=O) groups is 3. The van der Waals surface area contributed by atoms with Gasteiger partial charge in [-0.15, -0.1) is 0 Å². The second-order valence-electron chi connectivity index (χ2n) is 5.21. The molecule has 2 amide bonds. The number of amides is 2. The fourth-order valence-electron chi connectivity index (χ4n) is 2.59. The minimum absolute atomic E-state index is 0.178. The second kappa shape index (κ2) is 6.39. The first-order valence-corrected chi connectivity index (χ1v) is 6.88. The van der Waals surface area contributed by atoms with Gasteiger partial charge in [-0.2, -0.15) is 0 Å². The van der Waals surface area contributed by atoms with Gasteiger partial charge in [0.15, 0.2) is 0 Å². The summed E-state index contributed by atoms with van der Waals surface area (Å²) in [6.45, 7) is 1.41. The lowest BCUT2D eigenvalue weighted by Gasteiger charge is -2.17. The van der Waals surface area contributed by atoms with Gasteiger partial charge in [0, 0.05) is 24.2 Å². The topological polar surface area (TPSA) is 95.5 Å². The van der Waals surface area contributed by atoms with Crippen molar-refractivity contribution in [1.82, 2.24) is 5.32 Å². The van der Waals surface area contributed by atoms with Crippen molar-refractivity contribution in [2.24, 2.45) is 5.92 Å². The summed E-state index contributed by atoms with van der Waals surface area (Å²) in [7, 11) is 0. The number of aliphatic carboxylic acids is 1. The average Bonchev–Trinajstić information content (AvgIpc) is 2.87.